The summed E-state index contributed by atoms with van der Waals surface area (Å²) in [5, 5.41) is 5.94. The number of hydrogen-bond donors (Lipinski definition) is 2. The molecule has 2 atom stereocenters. The molecule has 1 aliphatic heterocycles. The molecule has 2 N–H and O–H groups in total. The molecule has 21 heavy (non-hydrogen) atoms. The predicted octanol–water partition coefficient (Wildman–Crippen LogP) is 1.85. The Morgan fingerprint density at radius 3 is 2.52 bits per heavy atom. The maximum Gasteiger partial charge on any atom is 0.391 e. The number of ether oxygens (including phenoxy) is 1. The zero-order valence-corrected chi connectivity index (χ0v) is 12.2. The van der Waals surface area contributed by atoms with Gasteiger partial charge in [0.15, 0.2) is 0 Å². The van der Waals surface area contributed by atoms with E-state index in [4.69, 9.17) is 4.74 Å². The molecule has 0 spiro atoms. The molecule has 2 rings (SSSR count). The van der Waals surface area contributed by atoms with Crippen molar-refractivity contribution < 1.29 is 22.7 Å². The highest BCUT2D eigenvalue weighted by Crippen LogP contribution is 2.39. The zero-order valence-electron chi connectivity index (χ0n) is 12.2. The van der Waals surface area contributed by atoms with Crippen molar-refractivity contribution in [1.82, 2.24) is 10.6 Å². The van der Waals surface area contributed by atoms with Gasteiger partial charge in [-0.15, -0.1) is 0 Å². The lowest BCUT2D eigenvalue weighted by molar-refractivity contribution is -0.183. The number of hydrogen-bond acceptors (Lipinski definition) is 3. The largest absolute Gasteiger partial charge is 0.391 e. The van der Waals surface area contributed by atoms with Crippen molar-refractivity contribution in [3.8, 4) is 0 Å². The minimum Gasteiger partial charge on any atom is -0.375 e. The van der Waals surface area contributed by atoms with E-state index in [0.29, 0.717) is 32.5 Å². The monoisotopic (exact) mass is 308 g/mol. The van der Waals surface area contributed by atoms with Crippen LogP contribution in [0, 0.1) is 11.8 Å². The average Bonchev–Trinajstić information content (AvgIpc) is 2.45. The van der Waals surface area contributed by atoms with Gasteiger partial charge in [-0.05, 0) is 38.5 Å². The number of alkyl halides is 3. The minimum absolute atomic E-state index is 0.125. The second-order valence-electron chi connectivity index (χ2n) is 6.01. The van der Waals surface area contributed by atoms with Crippen LogP contribution in [0.15, 0.2) is 0 Å². The van der Waals surface area contributed by atoms with Gasteiger partial charge in [0.25, 0.3) is 0 Å². The summed E-state index contributed by atoms with van der Waals surface area (Å²) >= 11 is 0. The van der Waals surface area contributed by atoms with Gasteiger partial charge < -0.3 is 15.4 Å². The van der Waals surface area contributed by atoms with Crippen molar-refractivity contribution >= 4 is 5.91 Å². The third-order valence-corrected chi connectivity index (χ3v) is 4.47. The van der Waals surface area contributed by atoms with Gasteiger partial charge >= 0.3 is 6.18 Å². The first-order valence-electron chi connectivity index (χ1n) is 7.57. The fraction of sp³-hybridized carbons (Fsp3) is 0.929. The molecule has 0 aromatic carbocycles. The summed E-state index contributed by atoms with van der Waals surface area (Å²) in [7, 11) is 0. The van der Waals surface area contributed by atoms with E-state index < -0.39 is 12.1 Å². The lowest BCUT2D eigenvalue weighted by atomic mass is 9.81. The van der Waals surface area contributed by atoms with Crippen LogP contribution in [0.3, 0.4) is 0 Å². The maximum absolute atomic E-state index is 12.6. The molecule has 1 saturated heterocycles. The van der Waals surface area contributed by atoms with E-state index in [0.717, 1.165) is 0 Å². The van der Waals surface area contributed by atoms with Gasteiger partial charge in [-0.3, -0.25) is 4.79 Å². The minimum atomic E-state index is -4.08. The molecule has 1 heterocycles. The molecule has 2 aliphatic rings. The van der Waals surface area contributed by atoms with E-state index >= 15 is 0 Å². The molecular weight excluding hydrogens is 285 g/mol. The summed E-state index contributed by atoms with van der Waals surface area (Å²) in [5.41, 5.74) is 0. The normalized spacial score (nSPS) is 34.5. The summed E-state index contributed by atoms with van der Waals surface area (Å²) in [5.74, 6) is -1.15. The van der Waals surface area contributed by atoms with E-state index in [1.54, 1.807) is 0 Å². The van der Waals surface area contributed by atoms with Crippen LogP contribution in [0.2, 0.25) is 0 Å². The van der Waals surface area contributed by atoms with Crippen LogP contribution < -0.4 is 10.6 Å². The number of rotatable bonds is 3. The number of carbonyl (C=O) groups is 1. The summed E-state index contributed by atoms with van der Waals surface area (Å²) < 4.78 is 43.1. The van der Waals surface area contributed by atoms with Crippen LogP contribution in [-0.2, 0) is 9.53 Å². The zero-order chi connectivity index (χ0) is 15.5. The van der Waals surface area contributed by atoms with Crippen LogP contribution in [0.1, 0.15) is 32.6 Å². The molecule has 1 saturated carbocycles. The fourth-order valence-electron chi connectivity index (χ4n) is 3.08. The maximum atomic E-state index is 12.6. The van der Waals surface area contributed by atoms with Gasteiger partial charge in [-0.25, -0.2) is 0 Å². The van der Waals surface area contributed by atoms with Crippen LogP contribution in [-0.4, -0.2) is 43.9 Å². The SMILES string of the molecule is C[C@H]1OCCN[C@@H]1C(=O)NCC1CCC(C(F)(F)F)CC1. The Morgan fingerprint density at radius 2 is 1.95 bits per heavy atom. The van der Waals surface area contributed by atoms with Crippen molar-refractivity contribution in [1.29, 1.82) is 0 Å². The molecule has 122 valence electrons. The van der Waals surface area contributed by atoms with Crippen LogP contribution >= 0.6 is 0 Å². The number of carbonyl (C=O) groups excluding carboxylic acids is 1. The molecule has 0 aromatic rings. The van der Waals surface area contributed by atoms with Crippen LogP contribution in [0.25, 0.3) is 0 Å². The third-order valence-electron chi connectivity index (χ3n) is 4.47. The summed E-state index contributed by atoms with van der Waals surface area (Å²) in [4.78, 5) is 12.0. The molecule has 0 aromatic heterocycles. The van der Waals surface area contributed by atoms with Crippen molar-refractivity contribution in [3.05, 3.63) is 0 Å². The number of halogens is 3. The smallest absolute Gasteiger partial charge is 0.375 e. The summed E-state index contributed by atoms with van der Waals surface area (Å²) in [6, 6.07) is -0.370. The standard InChI is InChI=1S/C14H23F3N2O2/c1-9-12(18-6-7-21-9)13(20)19-8-10-2-4-11(5-3-10)14(15,16)17/h9-12,18H,2-8H2,1H3,(H,19,20)/t9-,10?,11?,12+/m1/s1. The Hall–Kier alpha value is -0.820. The van der Waals surface area contributed by atoms with Gasteiger partial charge in [0.2, 0.25) is 5.91 Å². The summed E-state index contributed by atoms with van der Waals surface area (Å²) in [6.45, 7) is 3.52. The Kier molecular flexibility index (Phi) is 5.48. The first kappa shape index (κ1) is 16.5. The van der Waals surface area contributed by atoms with Crippen molar-refractivity contribution in [2.24, 2.45) is 11.8 Å². The van der Waals surface area contributed by atoms with Crippen LogP contribution in [0.4, 0.5) is 13.2 Å². The second kappa shape index (κ2) is 6.96. The molecule has 4 nitrogen and oxygen atoms in total. The Bertz CT molecular complexity index is 355. The number of nitrogens with one attached hydrogen (secondary N) is 2. The molecule has 7 heteroatoms. The molecule has 0 radical (unpaired) electrons. The molecule has 2 fully saturated rings. The third kappa shape index (κ3) is 4.57. The van der Waals surface area contributed by atoms with Crippen LogP contribution in [0.5, 0.6) is 0 Å². The Morgan fingerprint density at radius 1 is 1.29 bits per heavy atom. The Balaban J connectivity index is 1.71. The molecule has 0 unspecified atom stereocenters. The predicted molar refractivity (Wildman–Crippen MR) is 71.7 cm³/mol. The highest BCUT2D eigenvalue weighted by atomic mass is 19.4. The molecule has 1 aliphatic carbocycles. The topological polar surface area (TPSA) is 50.4 Å². The lowest BCUT2D eigenvalue weighted by Crippen LogP contribution is -2.56. The van der Waals surface area contributed by atoms with E-state index in [1.165, 1.54) is 0 Å². The van der Waals surface area contributed by atoms with Crippen molar-refractivity contribution in [3.63, 3.8) is 0 Å². The lowest BCUT2D eigenvalue weighted by Gasteiger charge is -2.32. The van der Waals surface area contributed by atoms with Gasteiger partial charge in [0.05, 0.1) is 18.6 Å². The first-order chi connectivity index (χ1) is 9.88. The Labute approximate surface area is 122 Å². The van der Waals surface area contributed by atoms with E-state index in [1.807, 2.05) is 6.92 Å². The number of amides is 1. The van der Waals surface area contributed by atoms with E-state index in [2.05, 4.69) is 10.6 Å². The fourth-order valence-corrected chi connectivity index (χ4v) is 3.08. The van der Waals surface area contributed by atoms with E-state index in [-0.39, 0.29) is 36.8 Å². The average molecular weight is 308 g/mol. The van der Waals surface area contributed by atoms with Gasteiger partial charge in [-0.2, -0.15) is 13.2 Å². The highest BCUT2D eigenvalue weighted by molar-refractivity contribution is 5.82. The second-order valence-corrected chi connectivity index (χ2v) is 6.01. The van der Waals surface area contributed by atoms with Gasteiger partial charge in [0, 0.05) is 13.1 Å². The highest BCUT2D eigenvalue weighted by Gasteiger charge is 2.41. The number of morpholine rings is 1. The van der Waals surface area contributed by atoms with Crippen molar-refractivity contribution in [2.75, 3.05) is 19.7 Å². The van der Waals surface area contributed by atoms with Crippen molar-refractivity contribution in [2.45, 2.75) is 50.9 Å². The molecule has 0 bridgehead atoms. The summed E-state index contributed by atoms with van der Waals surface area (Å²) in [6.07, 6.45) is -2.87. The quantitative estimate of drug-likeness (QED) is 0.836. The van der Waals surface area contributed by atoms with E-state index in [9.17, 15) is 18.0 Å². The van der Waals surface area contributed by atoms with Gasteiger partial charge in [0.1, 0.15) is 6.04 Å². The van der Waals surface area contributed by atoms with Gasteiger partial charge in [-0.1, -0.05) is 0 Å². The first-order valence-corrected chi connectivity index (χ1v) is 7.57. The molecular formula is C14H23F3N2O2. The molecule has 1 amide bonds.